The van der Waals surface area contributed by atoms with E-state index in [2.05, 4.69) is 10.3 Å². The zero-order chi connectivity index (χ0) is 15.5. The van der Waals surface area contributed by atoms with Crippen LogP contribution >= 0.6 is 0 Å². The molecule has 22 heavy (non-hydrogen) atoms. The van der Waals surface area contributed by atoms with E-state index in [4.69, 9.17) is 0 Å². The standard InChI is InChI=1S/C16H15N3O3/c20-14-10-19(9-8-17-14)16(22)12-6-7-13(18-15(12)21)11-4-2-1-3-5-11/h1-7H,8-10H2,(H,17,20)(H,18,21). The van der Waals surface area contributed by atoms with E-state index >= 15 is 0 Å². The van der Waals surface area contributed by atoms with Crippen LogP contribution in [0.2, 0.25) is 0 Å². The van der Waals surface area contributed by atoms with Gasteiger partial charge in [-0.1, -0.05) is 30.3 Å². The Bertz CT molecular complexity index is 768. The van der Waals surface area contributed by atoms with Crippen LogP contribution in [0.15, 0.2) is 47.3 Å². The van der Waals surface area contributed by atoms with E-state index in [0.29, 0.717) is 18.8 Å². The number of carbonyl (C=O) groups excluding carboxylic acids is 2. The minimum Gasteiger partial charge on any atom is -0.353 e. The van der Waals surface area contributed by atoms with E-state index < -0.39 is 11.5 Å². The van der Waals surface area contributed by atoms with Crippen molar-refractivity contribution in [2.75, 3.05) is 19.6 Å². The number of rotatable bonds is 2. The van der Waals surface area contributed by atoms with Crippen LogP contribution in [0.5, 0.6) is 0 Å². The highest BCUT2D eigenvalue weighted by Crippen LogP contribution is 2.15. The summed E-state index contributed by atoms with van der Waals surface area (Å²) >= 11 is 0. The Kier molecular flexibility index (Phi) is 3.74. The van der Waals surface area contributed by atoms with Crippen LogP contribution < -0.4 is 10.9 Å². The molecule has 0 unspecified atom stereocenters. The number of H-pyrrole nitrogens is 1. The molecule has 0 bridgehead atoms. The van der Waals surface area contributed by atoms with Crippen LogP contribution in [0.1, 0.15) is 10.4 Å². The van der Waals surface area contributed by atoms with Crippen LogP contribution in [0, 0.1) is 0 Å². The number of pyridine rings is 1. The lowest BCUT2D eigenvalue weighted by molar-refractivity contribution is -0.123. The van der Waals surface area contributed by atoms with E-state index in [1.807, 2.05) is 30.3 Å². The van der Waals surface area contributed by atoms with Gasteiger partial charge in [-0.3, -0.25) is 14.4 Å². The number of aromatic amines is 1. The van der Waals surface area contributed by atoms with Crippen LogP contribution in [-0.2, 0) is 4.79 Å². The number of hydrogen-bond acceptors (Lipinski definition) is 3. The number of aromatic nitrogens is 1. The molecule has 3 rings (SSSR count). The summed E-state index contributed by atoms with van der Waals surface area (Å²) < 4.78 is 0. The Balaban J connectivity index is 1.88. The minimum absolute atomic E-state index is 0.0152. The summed E-state index contributed by atoms with van der Waals surface area (Å²) in [7, 11) is 0. The summed E-state index contributed by atoms with van der Waals surface area (Å²) in [6.07, 6.45) is 0. The third-order valence-corrected chi connectivity index (χ3v) is 3.55. The van der Waals surface area contributed by atoms with Crippen molar-refractivity contribution < 1.29 is 9.59 Å². The largest absolute Gasteiger partial charge is 0.353 e. The van der Waals surface area contributed by atoms with Gasteiger partial charge in [0.2, 0.25) is 5.91 Å². The number of benzene rings is 1. The van der Waals surface area contributed by atoms with E-state index in [9.17, 15) is 14.4 Å². The molecule has 6 heteroatoms. The zero-order valence-electron chi connectivity index (χ0n) is 11.8. The van der Waals surface area contributed by atoms with Gasteiger partial charge in [-0.05, 0) is 17.7 Å². The molecule has 2 amide bonds. The highest BCUT2D eigenvalue weighted by molar-refractivity contribution is 5.97. The number of nitrogens with one attached hydrogen (secondary N) is 2. The van der Waals surface area contributed by atoms with Crippen molar-refractivity contribution in [1.82, 2.24) is 15.2 Å². The normalized spacial score (nSPS) is 14.5. The van der Waals surface area contributed by atoms with Crippen molar-refractivity contribution in [3.8, 4) is 11.3 Å². The van der Waals surface area contributed by atoms with Crippen molar-refractivity contribution in [1.29, 1.82) is 0 Å². The fourth-order valence-corrected chi connectivity index (χ4v) is 2.41. The van der Waals surface area contributed by atoms with Crippen LogP contribution in [0.3, 0.4) is 0 Å². The first-order chi connectivity index (χ1) is 10.6. The van der Waals surface area contributed by atoms with Crippen molar-refractivity contribution in [3.63, 3.8) is 0 Å². The van der Waals surface area contributed by atoms with E-state index in [0.717, 1.165) is 5.56 Å². The molecule has 1 aromatic heterocycles. The van der Waals surface area contributed by atoms with Gasteiger partial charge in [0.05, 0.1) is 6.54 Å². The predicted octanol–water partition coefficient (Wildman–Crippen LogP) is 0.614. The molecule has 1 aromatic carbocycles. The fourth-order valence-electron chi connectivity index (χ4n) is 2.41. The maximum atomic E-state index is 12.3. The second-order valence-electron chi connectivity index (χ2n) is 5.06. The SMILES string of the molecule is O=C1CN(C(=O)c2ccc(-c3ccccc3)[nH]c2=O)CCN1. The van der Waals surface area contributed by atoms with Gasteiger partial charge >= 0.3 is 0 Å². The number of nitrogens with zero attached hydrogens (tertiary/aromatic N) is 1. The summed E-state index contributed by atoms with van der Waals surface area (Å²) in [6, 6.07) is 12.6. The lowest BCUT2D eigenvalue weighted by Gasteiger charge is -2.26. The summed E-state index contributed by atoms with van der Waals surface area (Å²) in [6.45, 7) is 0.799. The number of carbonyl (C=O) groups is 2. The third kappa shape index (κ3) is 2.76. The van der Waals surface area contributed by atoms with E-state index in [1.165, 1.54) is 11.0 Å². The molecule has 2 aromatic rings. The molecule has 0 radical (unpaired) electrons. The second-order valence-corrected chi connectivity index (χ2v) is 5.06. The van der Waals surface area contributed by atoms with Crippen molar-refractivity contribution in [3.05, 3.63) is 58.4 Å². The van der Waals surface area contributed by atoms with E-state index in [1.54, 1.807) is 6.07 Å². The molecule has 1 aliphatic heterocycles. The van der Waals surface area contributed by atoms with Crippen molar-refractivity contribution in [2.45, 2.75) is 0 Å². The molecule has 112 valence electrons. The Hall–Kier alpha value is -2.89. The van der Waals surface area contributed by atoms with Gasteiger partial charge in [-0.2, -0.15) is 0 Å². The molecule has 0 aliphatic carbocycles. The summed E-state index contributed by atoms with van der Waals surface area (Å²) in [4.78, 5) is 40.0. The van der Waals surface area contributed by atoms with Crippen LogP contribution in [0.25, 0.3) is 11.3 Å². The van der Waals surface area contributed by atoms with Gasteiger partial charge in [-0.25, -0.2) is 0 Å². The third-order valence-electron chi connectivity index (χ3n) is 3.55. The van der Waals surface area contributed by atoms with Gasteiger partial charge in [0, 0.05) is 18.8 Å². The predicted molar refractivity (Wildman–Crippen MR) is 81.4 cm³/mol. The maximum Gasteiger partial charge on any atom is 0.261 e. The van der Waals surface area contributed by atoms with E-state index in [-0.39, 0.29) is 18.0 Å². The summed E-state index contributed by atoms with van der Waals surface area (Å²) in [5.74, 6) is -0.632. The average Bonchev–Trinajstić information content (AvgIpc) is 2.55. The molecule has 1 aliphatic rings. The molecule has 1 saturated heterocycles. The zero-order valence-corrected chi connectivity index (χ0v) is 11.8. The van der Waals surface area contributed by atoms with Crippen LogP contribution in [0.4, 0.5) is 0 Å². The molecule has 2 heterocycles. The molecule has 1 fully saturated rings. The number of piperazine rings is 1. The summed E-state index contributed by atoms with van der Waals surface area (Å²) in [5.41, 5.74) is 1.13. The molecule has 0 saturated carbocycles. The highest BCUT2D eigenvalue weighted by Gasteiger charge is 2.24. The van der Waals surface area contributed by atoms with Gasteiger partial charge in [0.1, 0.15) is 5.56 Å². The Morgan fingerprint density at radius 1 is 1.05 bits per heavy atom. The molecule has 0 spiro atoms. The van der Waals surface area contributed by atoms with Crippen molar-refractivity contribution in [2.24, 2.45) is 0 Å². The summed E-state index contributed by atoms with van der Waals surface area (Å²) in [5, 5.41) is 2.64. The average molecular weight is 297 g/mol. The fraction of sp³-hybridized carbons (Fsp3) is 0.188. The Morgan fingerprint density at radius 2 is 1.82 bits per heavy atom. The number of amides is 2. The molecule has 2 N–H and O–H groups in total. The minimum atomic E-state index is -0.447. The van der Waals surface area contributed by atoms with Crippen LogP contribution in [-0.4, -0.2) is 41.3 Å². The Morgan fingerprint density at radius 3 is 2.50 bits per heavy atom. The first-order valence-corrected chi connectivity index (χ1v) is 7.00. The second kappa shape index (κ2) is 5.85. The molecule has 0 atom stereocenters. The lowest BCUT2D eigenvalue weighted by Crippen LogP contribution is -2.50. The Labute approximate surface area is 126 Å². The molecular formula is C16H15N3O3. The first-order valence-electron chi connectivity index (χ1n) is 7.00. The maximum absolute atomic E-state index is 12.3. The smallest absolute Gasteiger partial charge is 0.261 e. The van der Waals surface area contributed by atoms with Crippen molar-refractivity contribution >= 4 is 11.8 Å². The van der Waals surface area contributed by atoms with Gasteiger partial charge in [-0.15, -0.1) is 0 Å². The monoisotopic (exact) mass is 297 g/mol. The van der Waals surface area contributed by atoms with Gasteiger partial charge in [0.25, 0.3) is 11.5 Å². The lowest BCUT2D eigenvalue weighted by atomic mass is 10.1. The quantitative estimate of drug-likeness (QED) is 0.852. The molecular weight excluding hydrogens is 282 g/mol. The topological polar surface area (TPSA) is 82.3 Å². The molecule has 6 nitrogen and oxygen atoms in total. The highest BCUT2D eigenvalue weighted by atomic mass is 16.2. The van der Waals surface area contributed by atoms with Gasteiger partial charge in [0.15, 0.2) is 0 Å². The number of hydrogen-bond donors (Lipinski definition) is 2. The first kappa shape index (κ1) is 14.1. The van der Waals surface area contributed by atoms with Gasteiger partial charge < -0.3 is 15.2 Å².